The maximum Gasteiger partial charge on any atom is 0.269 e. The molecule has 0 saturated heterocycles. The molecule has 0 bridgehead atoms. The standard InChI is InChI=1S/C18H15Cl2N7O2/c19-12-5-1-3-10(7-12)17(28)26-24-15-14(21)16(23-9-22-15)25-27-18(29)11-4-2-6-13(20)8-11/h1-9H,21H2,(H,26,28)(H,27,29)(H2,22,23,24,25). The first-order valence-corrected chi connectivity index (χ1v) is 8.94. The summed E-state index contributed by atoms with van der Waals surface area (Å²) in [5, 5.41) is 0.863. The summed E-state index contributed by atoms with van der Waals surface area (Å²) in [7, 11) is 0. The first kappa shape index (κ1) is 20.2. The van der Waals surface area contributed by atoms with Crippen molar-refractivity contribution in [1.82, 2.24) is 20.8 Å². The van der Waals surface area contributed by atoms with E-state index in [1.54, 1.807) is 36.4 Å². The van der Waals surface area contributed by atoms with Gasteiger partial charge in [0.2, 0.25) is 0 Å². The average molecular weight is 432 g/mol. The van der Waals surface area contributed by atoms with Crippen LogP contribution in [0.2, 0.25) is 10.0 Å². The Balaban J connectivity index is 1.63. The van der Waals surface area contributed by atoms with Crippen LogP contribution in [-0.2, 0) is 0 Å². The van der Waals surface area contributed by atoms with Crippen LogP contribution >= 0.6 is 23.2 Å². The molecule has 0 saturated carbocycles. The Labute approximate surface area is 175 Å². The van der Waals surface area contributed by atoms with Crippen LogP contribution in [0.15, 0.2) is 54.9 Å². The van der Waals surface area contributed by atoms with Gasteiger partial charge in [-0.2, -0.15) is 0 Å². The number of amides is 2. The molecule has 1 heterocycles. The third kappa shape index (κ3) is 5.24. The van der Waals surface area contributed by atoms with Crippen molar-refractivity contribution in [2.45, 2.75) is 0 Å². The largest absolute Gasteiger partial charge is 0.393 e. The van der Waals surface area contributed by atoms with Gasteiger partial charge in [-0.3, -0.25) is 31.3 Å². The van der Waals surface area contributed by atoms with Crippen LogP contribution in [0, 0.1) is 0 Å². The molecule has 0 radical (unpaired) electrons. The lowest BCUT2D eigenvalue weighted by Gasteiger charge is -2.13. The highest BCUT2D eigenvalue weighted by Crippen LogP contribution is 2.21. The molecule has 0 aliphatic carbocycles. The van der Waals surface area contributed by atoms with Crippen molar-refractivity contribution in [3.05, 3.63) is 76.0 Å². The number of hydrogen-bond acceptors (Lipinski definition) is 7. The lowest BCUT2D eigenvalue weighted by molar-refractivity contribution is 0.0954. The average Bonchev–Trinajstić information content (AvgIpc) is 2.71. The summed E-state index contributed by atoms with van der Waals surface area (Å²) in [5.41, 5.74) is 16.9. The molecule has 148 valence electrons. The van der Waals surface area contributed by atoms with E-state index in [0.717, 1.165) is 0 Å². The molecule has 2 aromatic carbocycles. The fourth-order valence-corrected chi connectivity index (χ4v) is 2.61. The van der Waals surface area contributed by atoms with Crippen molar-refractivity contribution < 1.29 is 9.59 Å². The number of rotatable bonds is 6. The minimum atomic E-state index is -0.436. The normalized spacial score (nSPS) is 10.1. The maximum absolute atomic E-state index is 12.2. The van der Waals surface area contributed by atoms with Gasteiger partial charge in [0.05, 0.1) is 0 Å². The van der Waals surface area contributed by atoms with E-state index in [2.05, 4.69) is 31.7 Å². The third-order valence-corrected chi connectivity index (χ3v) is 4.12. The van der Waals surface area contributed by atoms with Gasteiger partial charge in [-0.05, 0) is 36.4 Å². The number of hydrogen-bond donors (Lipinski definition) is 5. The van der Waals surface area contributed by atoms with Crippen molar-refractivity contribution in [1.29, 1.82) is 0 Å². The zero-order valence-corrected chi connectivity index (χ0v) is 16.3. The molecule has 11 heteroatoms. The van der Waals surface area contributed by atoms with E-state index in [0.29, 0.717) is 21.2 Å². The van der Waals surface area contributed by atoms with Crippen LogP contribution in [0.25, 0.3) is 0 Å². The highest BCUT2D eigenvalue weighted by Gasteiger charge is 2.12. The van der Waals surface area contributed by atoms with Crippen molar-refractivity contribution in [2.24, 2.45) is 0 Å². The van der Waals surface area contributed by atoms with Crippen molar-refractivity contribution in [3.63, 3.8) is 0 Å². The fraction of sp³-hybridized carbons (Fsp3) is 0. The van der Waals surface area contributed by atoms with Gasteiger partial charge < -0.3 is 5.73 Å². The number of hydrazine groups is 2. The van der Waals surface area contributed by atoms with Crippen LogP contribution in [0.5, 0.6) is 0 Å². The van der Waals surface area contributed by atoms with E-state index in [9.17, 15) is 9.59 Å². The number of nitrogens with zero attached hydrogens (tertiary/aromatic N) is 2. The number of nitrogen functional groups attached to an aromatic ring is 1. The van der Waals surface area contributed by atoms with Crippen LogP contribution < -0.4 is 27.4 Å². The molecule has 3 aromatic rings. The summed E-state index contributed by atoms with van der Waals surface area (Å²) in [5.74, 6) is -0.603. The Morgan fingerprint density at radius 1 is 0.793 bits per heavy atom. The van der Waals surface area contributed by atoms with E-state index < -0.39 is 11.8 Å². The van der Waals surface area contributed by atoms with Gasteiger partial charge in [0.15, 0.2) is 11.6 Å². The number of nitrogens with one attached hydrogen (secondary N) is 4. The summed E-state index contributed by atoms with van der Waals surface area (Å²) < 4.78 is 0. The molecule has 2 amide bonds. The topological polar surface area (TPSA) is 134 Å². The minimum Gasteiger partial charge on any atom is -0.393 e. The molecule has 1 aromatic heterocycles. The van der Waals surface area contributed by atoms with E-state index in [1.165, 1.54) is 18.5 Å². The maximum atomic E-state index is 12.2. The van der Waals surface area contributed by atoms with Gasteiger partial charge >= 0.3 is 0 Å². The lowest BCUT2D eigenvalue weighted by Crippen LogP contribution is -2.32. The van der Waals surface area contributed by atoms with Crippen LogP contribution in [0.1, 0.15) is 20.7 Å². The second kappa shape index (κ2) is 9.09. The monoisotopic (exact) mass is 431 g/mol. The Kier molecular flexibility index (Phi) is 6.32. The van der Waals surface area contributed by atoms with E-state index in [1.807, 2.05) is 0 Å². The molecule has 0 aliphatic rings. The van der Waals surface area contributed by atoms with Gasteiger partial charge in [-0.15, -0.1) is 0 Å². The van der Waals surface area contributed by atoms with Crippen LogP contribution in [-0.4, -0.2) is 21.8 Å². The van der Waals surface area contributed by atoms with Gasteiger partial charge in [-0.25, -0.2) is 9.97 Å². The number of aromatic nitrogens is 2. The number of carbonyl (C=O) groups is 2. The van der Waals surface area contributed by atoms with Crippen molar-refractivity contribution in [2.75, 3.05) is 16.6 Å². The second-order valence-electron chi connectivity index (χ2n) is 5.66. The van der Waals surface area contributed by atoms with Crippen molar-refractivity contribution >= 4 is 52.3 Å². The number of benzene rings is 2. The Hall–Kier alpha value is -3.56. The fourth-order valence-electron chi connectivity index (χ4n) is 2.23. The van der Waals surface area contributed by atoms with Gasteiger partial charge in [0, 0.05) is 21.2 Å². The number of carbonyl (C=O) groups excluding carboxylic acids is 2. The zero-order chi connectivity index (χ0) is 20.8. The molecule has 0 fully saturated rings. The highest BCUT2D eigenvalue weighted by atomic mass is 35.5. The highest BCUT2D eigenvalue weighted by molar-refractivity contribution is 6.31. The number of halogens is 2. The third-order valence-electron chi connectivity index (χ3n) is 3.65. The van der Waals surface area contributed by atoms with Crippen molar-refractivity contribution in [3.8, 4) is 0 Å². The summed E-state index contributed by atoms with van der Waals surface area (Å²) in [6.07, 6.45) is 1.21. The molecular formula is C18H15Cl2N7O2. The number of anilines is 3. The predicted molar refractivity (Wildman–Crippen MR) is 112 cm³/mol. The molecule has 29 heavy (non-hydrogen) atoms. The molecule has 0 atom stereocenters. The first-order chi connectivity index (χ1) is 13.9. The molecule has 9 nitrogen and oxygen atoms in total. The van der Waals surface area contributed by atoms with Gasteiger partial charge in [-0.1, -0.05) is 35.3 Å². The lowest BCUT2D eigenvalue weighted by atomic mass is 10.2. The Morgan fingerprint density at radius 3 is 1.66 bits per heavy atom. The van der Waals surface area contributed by atoms with Crippen LogP contribution in [0.3, 0.4) is 0 Å². The quantitative estimate of drug-likeness (QED) is 0.378. The minimum absolute atomic E-state index is 0.0743. The summed E-state index contributed by atoms with van der Waals surface area (Å²) in [6, 6.07) is 12.9. The Bertz CT molecular complexity index is 982. The predicted octanol–water partition coefficient (Wildman–Crippen LogP) is 2.88. The molecule has 0 spiro atoms. The molecule has 6 N–H and O–H groups in total. The zero-order valence-electron chi connectivity index (χ0n) is 14.7. The first-order valence-electron chi connectivity index (χ1n) is 8.18. The van der Waals surface area contributed by atoms with E-state index in [4.69, 9.17) is 28.9 Å². The summed E-state index contributed by atoms with van der Waals surface area (Å²) in [4.78, 5) is 32.3. The van der Waals surface area contributed by atoms with E-state index >= 15 is 0 Å². The van der Waals surface area contributed by atoms with Gasteiger partial charge in [0.25, 0.3) is 11.8 Å². The second-order valence-corrected chi connectivity index (χ2v) is 6.54. The summed E-state index contributed by atoms with van der Waals surface area (Å²) >= 11 is 11.7. The smallest absolute Gasteiger partial charge is 0.269 e. The Morgan fingerprint density at radius 2 is 1.24 bits per heavy atom. The molecule has 0 unspecified atom stereocenters. The molecule has 0 aliphatic heterocycles. The summed E-state index contributed by atoms with van der Waals surface area (Å²) in [6.45, 7) is 0. The van der Waals surface area contributed by atoms with Crippen LogP contribution in [0.4, 0.5) is 17.3 Å². The molecular weight excluding hydrogens is 417 g/mol. The molecule has 3 rings (SSSR count). The van der Waals surface area contributed by atoms with Gasteiger partial charge in [0.1, 0.15) is 12.0 Å². The SMILES string of the molecule is Nc1c(NNC(=O)c2cccc(Cl)c2)ncnc1NNC(=O)c1cccc(Cl)c1. The number of nitrogens with two attached hydrogens (primary N) is 1. The van der Waals surface area contributed by atoms with E-state index in [-0.39, 0.29) is 17.3 Å².